The molecule has 2 aromatic rings. The van der Waals surface area contributed by atoms with Crippen molar-refractivity contribution in [2.24, 2.45) is 0 Å². The number of urea groups is 1. The standard InChI is InChI=1S/C11H12N4O4S/c16-10(17)8-6-20-9(14-8)1-3-12-11(18)13-5-7-2-4-19-15-7/h2,4,6H,1,3,5H2,(H,16,17)(H2,12,13,18). The van der Waals surface area contributed by atoms with Gasteiger partial charge < -0.3 is 20.3 Å². The summed E-state index contributed by atoms with van der Waals surface area (Å²) in [5.74, 6) is -1.05. The molecule has 2 heterocycles. The maximum atomic E-state index is 11.5. The Bertz CT molecular complexity index is 581. The smallest absolute Gasteiger partial charge is 0.355 e. The zero-order valence-corrected chi connectivity index (χ0v) is 11.1. The first kappa shape index (κ1) is 14.0. The summed E-state index contributed by atoms with van der Waals surface area (Å²) in [4.78, 5) is 26.0. The van der Waals surface area contributed by atoms with Gasteiger partial charge in [-0.2, -0.15) is 0 Å². The van der Waals surface area contributed by atoms with Crippen molar-refractivity contribution in [3.8, 4) is 0 Å². The monoisotopic (exact) mass is 296 g/mol. The van der Waals surface area contributed by atoms with Crippen molar-refractivity contribution in [1.29, 1.82) is 0 Å². The van der Waals surface area contributed by atoms with Crippen LogP contribution in [0.4, 0.5) is 4.79 Å². The molecule has 0 radical (unpaired) electrons. The molecule has 0 atom stereocenters. The third kappa shape index (κ3) is 4.05. The molecule has 0 aliphatic heterocycles. The molecule has 0 aromatic carbocycles. The van der Waals surface area contributed by atoms with Crippen molar-refractivity contribution >= 4 is 23.3 Å². The number of nitrogens with zero attached hydrogens (tertiary/aromatic N) is 2. The molecule has 0 spiro atoms. The molecule has 20 heavy (non-hydrogen) atoms. The highest BCUT2D eigenvalue weighted by Crippen LogP contribution is 2.09. The fourth-order valence-corrected chi connectivity index (χ4v) is 2.14. The number of carbonyl (C=O) groups excluding carboxylic acids is 1. The molecule has 3 N–H and O–H groups in total. The minimum absolute atomic E-state index is 0.0282. The van der Waals surface area contributed by atoms with E-state index in [1.54, 1.807) is 6.07 Å². The molecule has 0 aliphatic carbocycles. The molecule has 2 rings (SSSR count). The van der Waals surface area contributed by atoms with E-state index < -0.39 is 5.97 Å². The van der Waals surface area contributed by atoms with Crippen LogP contribution in [0.25, 0.3) is 0 Å². The van der Waals surface area contributed by atoms with Crippen LogP contribution in [0.1, 0.15) is 21.2 Å². The van der Waals surface area contributed by atoms with E-state index in [-0.39, 0.29) is 18.3 Å². The van der Waals surface area contributed by atoms with Crippen LogP contribution in [0, 0.1) is 0 Å². The molecule has 0 bridgehead atoms. The Balaban J connectivity index is 1.67. The van der Waals surface area contributed by atoms with Crippen molar-refractivity contribution in [3.63, 3.8) is 0 Å². The van der Waals surface area contributed by atoms with Gasteiger partial charge in [-0.05, 0) is 0 Å². The largest absolute Gasteiger partial charge is 0.476 e. The summed E-state index contributed by atoms with van der Waals surface area (Å²) in [5, 5.41) is 19.8. The molecule has 2 amide bonds. The molecule has 2 aromatic heterocycles. The minimum atomic E-state index is -1.05. The van der Waals surface area contributed by atoms with E-state index >= 15 is 0 Å². The van der Waals surface area contributed by atoms with Gasteiger partial charge in [0.1, 0.15) is 12.0 Å². The summed E-state index contributed by atoms with van der Waals surface area (Å²) in [6.45, 7) is 0.653. The van der Waals surface area contributed by atoms with Crippen molar-refractivity contribution in [1.82, 2.24) is 20.8 Å². The predicted molar refractivity (Wildman–Crippen MR) is 69.5 cm³/mol. The first-order valence-corrected chi connectivity index (χ1v) is 6.62. The van der Waals surface area contributed by atoms with E-state index in [4.69, 9.17) is 5.11 Å². The van der Waals surface area contributed by atoms with Gasteiger partial charge in [0.2, 0.25) is 0 Å². The van der Waals surface area contributed by atoms with Crippen LogP contribution >= 0.6 is 11.3 Å². The maximum Gasteiger partial charge on any atom is 0.355 e. The summed E-state index contributed by atoms with van der Waals surface area (Å²) in [7, 11) is 0. The van der Waals surface area contributed by atoms with Crippen molar-refractivity contribution in [2.75, 3.05) is 6.54 Å². The molecule has 9 heteroatoms. The first-order valence-electron chi connectivity index (χ1n) is 5.74. The SMILES string of the molecule is O=C(NCCc1nc(C(=O)O)cs1)NCc1ccon1. The summed E-state index contributed by atoms with van der Waals surface area (Å²) in [5.41, 5.74) is 0.659. The first-order chi connectivity index (χ1) is 9.65. The van der Waals surface area contributed by atoms with Gasteiger partial charge in [0.05, 0.1) is 11.6 Å². The van der Waals surface area contributed by atoms with E-state index in [1.165, 1.54) is 23.0 Å². The molecule has 0 unspecified atom stereocenters. The average molecular weight is 296 g/mol. The maximum absolute atomic E-state index is 11.5. The molecular weight excluding hydrogens is 284 g/mol. The van der Waals surface area contributed by atoms with E-state index in [1.807, 2.05) is 0 Å². The summed E-state index contributed by atoms with van der Waals surface area (Å²) >= 11 is 1.25. The highest BCUT2D eigenvalue weighted by atomic mass is 32.1. The Morgan fingerprint density at radius 3 is 2.90 bits per heavy atom. The molecular formula is C11H12N4O4S. The van der Waals surface area contributed by atoms with Crippen molar-refractivity contribution in [2.45, 2.75) is 13.0 Å². The highest BCUT2D eigenvalue weighted by molar-refractivity contribution is 7.09. The number of thiazole rings is 1. The fraction of sp³-hybridized carbons (Fsp3) is 0.273. The van der Waals surface area contributed by atoms with Crippen LogP contribution in [-0.4, -0.2) is 33.8 Å². The van der Waals surface area contributed by atoms with Gasteiger partial charge in [0, 0.05) is 24.4 Å². The summed E-state index contributed by atoms with van der Waals surface area (Å²) in [6, 6.07) is 1.33. The number of hydrogen-bond donors (Lipinski definition) is 3. The van der Waals surface area contributed by atoms with E-state index in [0.29, 0.717) is 23.7 Å². The van der Waals surface area contributed by atoms with Crippen LogP contribution in [0.2, 0.25) is 0 Å². The number of carbonyl (C=O) groups is 2. The van der Waals surface area contributed by atoms with Gasteiger partial charge in [-0.25, -0.2) is 14.6 Å². The zero-order chi connectivity index (χ0) is 14.4. The van der Waals surface area contributed by atoms with Crippen molar-refractivity contribution < 1.29 is 19.2 Å². The summed E-state index contributed by atoms with van der Waals surface area (Å²) in [6.07, 6.45) is 1.91. The molecule has 0 saturated heterocycles. The van der Waals surface area contributed by atoms with E-state index in [9.17, 15) is 9.59 Å². The Morgan fingerprint density at radius 1 is 1.40 bits per heavy atom. The topological polar surface area (TPSA) is 117 Å². The quantitative estimate of drug-likeness (QED) is 0.728. The van der Waals surface area contributed by atoms with Crippen molar-refractivity contribution in [3.05, 3.63) is 34.1 Å². The van der Waals surface area contributed by atoms with Crippen LogP contribution in [0.15, 0.2) is 22.2 Å². The number of aromatic nitrogens is 2. The van der Waals surface area contributed by atoms with Crippen LogP contribution in [-0.2, 0) is 13.0 Å². The zero-order valence-electron chi connectivity index (χ0n) is 10.3. The Kier molecular flexibility index (Phi) is 4.66. The normalized spacial score (nSPS) is 10.2. The molecule has 106 valence electrons. The van der Waals surface area contributed by atoms with Gasteiger partial charge in [-0.1, -0.05) is 5.16 Å². The third-order valence-corrected chi connectivity index (χ3v) is 3.23. The minimum Gasteiger partial charge on any atom is -0.476 e. The average Bonchev–Trinajstić information content (AvgIpc) is 3.07. The number of rotatable bonds is 6. The van der Waals surface area contributed by atoms with Gasteiger partial charge >= 0.3 is 12.0 Å². The Morgan fingerprint density at radius 2 is 2.25 bits per heavy atom. The number of amides is 2. The second kappa shape index (κ2) is 6.66. The van der Waals surface area contributed by atoms with Gasteiger partial charge in [0.15, 0.2) is 5.69 Å². The number of carboxylic acid groups (broad SMARTS) is 1. The fourth-order valence-electron chi connectivity index (χ4n) is 1.37. The third-order valence-electron chi connectivity index (χ3n) is 2.32. The Hall–Kier alpha value is -2.42. The van der Waals surface area contributed by atoms with Gasteiger partial charge in [0.25, 0.3) is 0 Å². The lowest BCUT2D eigenvalue weighted by molar-refractivity contribution is 0.0691. The molecule has 8 nitrogen and oxygen atoms in total. The highest BCUT2D eigenvalue weighted by Gasteiger charge is 2.08. The van der Waals surface area contributed by atoms with Gasteiger partial charge in [-0.15, -0.1) is 11.3 Å². The molecule has 0 saturated carbocycles. The lowest BCUT2D eigenvalue weighted by atomic mass is 10.4. The lowest BCUT2D eigenvalue weighted by Crippen LogP contribution is -2.36. The lowest BCUT2D eigenvalue weighted by Gasteiger charge is -2.04. The van der Waals surface area contributed by atoms with Crippen LogP contribution < -0.4 is 10.6 Å². The van der Waals surface area contributed by atoms with Crippen LogP contribution in [0.3, 0.4) is 0 Å². The number of nitrogens with one attached hydrogen (secondary N) is 2. The number of hydrogen-bond acceptors (Lipinski definition) is 6. The van der Waals surface area contributed by atoms with Gasteiger partial charge in [-0.3, -0.25) is 0 Å². The predicted octanol–water partition coefficient (Wildman–Crippen LogP) is 0.871. The van der Waals surface area contributed by atoms with E-state index in [0.717, 1.165) is 0 Å². The Labute approximate surface area is 117 Å². The second-order valence-electron chi connectivity index (χ2n) is 3.78. The van der Waals surface area contributed by atoms with E-state index in [2.05, 4.69) is 25.3 Å². The molecule has 0 aliphatic rings. The summed E-state index contributed by atoms with van der Waals surface area (Å²) < 4.78 is 4.63. The molecule has 0 fully saturated rings. The number of aromatic carboxylic acids is 1. The number of carboxylic acids is 1. The van der Waals surface area contributed by atoms with Crippen LogP contribution in [0.5, 0.6) is 0 Å². The second-order valence-corrected chi connectivity index (χ2v) is 4.72.